The summed E-state index contributed by atoms with van der Waals surface area (Å²) in [6, 6.07) is 3.65. The second-order valence-corrected chi connectivity index (χ2v) is 15.8. The number of nitrogens with zero attached hydrogens (tertiary/aromatic N) is 2. The third-order valence-corrected chi connectivity index (χ3v) is 11.9. The second-order valence-electron chi connectivity index (χ2n) is 13.8. The minimum absolute atomic E-state index is 0.0696. The Balaban J connectivity index is 1.26. The maximum Gasteiger partial charge on any atom is 0.410 e. The van der Waals surface area contributed by atoms with Crippen LogP contribution in [-0.2, 0) is 47.0 Å². The van der Waals surface area contributed by atoms with Gasteiger partial charge >= 0.3 is 12.2 Å². The molecule has 1 aromatic rings. The molecule has 0 radical (unpaired) electrons. The molecule has 3 aliphatic heterocycles. The zero-order valence-corrected chi connectivity index (χ0v) is 29.0. The predicted octanol–water partition coefficient (Wildman–Crippen LogP) is 2.87. The number of ether oxygens (including phenoxy) is 2. The number of hydrogen-bond donors (Lipinski definition) is 3. The molecular formula is C35H45N5O9S. The minimum atomic E-state index is -3.90. The van der Waals surface area contributed by atoms with E-state index in [1.54, 1.807) is 4.90 Å². The molecule has 4 bridgehead atoms. The molecule has 1 aromatic carbocycles. The standard InChI is InChI=1S/C35H45N5O9S/c1-3-5-13-28-31(42)40-20-25(17-29(40)30(41)37-35(18-24(35)4-2)32(43)38-50(46,47)26-14-15-26)49-34(45)39-19-23-12-9-11-22(27(23)21-39)10-7-6-8-16-48-33(44)36-28/h4,7,9-12,24-26,28-29H,2-3,5-6,8,13-21H2,1H3,(H,36,44)(H,37,41)(H,38,43)/b10-7+/t24-,25+,28-,29-,35+/m0/s1. The lowest BCUT2D eigenvalue weighted by Crippen LogP contribution is -2.58. The highest BCUT2D eigenvalue weighted by molar-refractivity contribution is 7.91. The topological polar surface area (TPSA) is 181 Å². The van der Waals surface area contributed by atoms with Crippen LogP contribution in [0.4, 0.5) is 9.59 Å². The van der Waals surface area contributed by atoms with Gasteiger partial charge in [0.25, 0.3) is 5.91 Å². The summed E-state index contributed by atoms with van der Waals surface area (Å²) in [6.45, 7) is 6.37. The average Bonchev–Trinajstić information content (AvgIpc) is 3.98. The zero-order chi connectivity index (χ0) is 35.6. The van der Waals surface area contributed by atoms with Crippen LogP contribution in [0, 0.1) is 5.92 Å². The van der Waals surface area contributed by atoms with Crippen molar-refractivity contribution in [2.24, 2.45) is 5.92 Å². The number of cyclic esters (lactones) is 1. The Morgan fingerprint density at radius 2 is 1.98 bits per heavy atom. The summed E-state index contributed by atoms with van der Waals surface area (Å²) in [4.78, 5) is 70.8. The van der Waals surface area contributed by atoms with Gasteiger partial charge in [-0.15, -0.1) is 6.58 Å². The van der Waals surface area contributed by atoms with Gasteiger partial charge in [-0.2, -0.15) is 0 Å². The molecule has 5 atom stereocenters. The SMILES string of the molecule is C=C[C@H]1C[C@]1(NC(=O)[C@@H]1C[C@@H]2CN1C(=O)[C@H](CCCC)NC(=O)OCCC/C=C/c1cccc3c1CN(C3)C(=O)O2)C(=O)NS(=O)(=O)C1CC1. The Morgan fingerprint density at radius 1 is 1.18 bits per heavy atom. The number of sulfonamides is 1. The van der Waals surface area contributed by atoms with Crippen LogP contribution in [0.3, 0.4) is 0 Å². The first-order valence-corrected chi connectivity index (χ1v) is 19.0. The van der Waals surface area contributed by atoms with Crippen molar-refractivity contribution in [1.82, 2.24) is 25.2 Å². The Kier molecular flexibility index (Phi) is 10.2. The Morgan fingerprint density at radius 3 is 2.70 bits per heavy atom. The molecule has 14 nitrogen and oxygen atoms in total. The van der Waals surface area contributed by atoms with Gasteiger partial charge in [0, 0.05) is 18.9 Å². The van der Waals surface area contributed by atoms with E-state index in [1.165, 1.54) is 11.0 Å². The van der Waals surface area contributed by atoms with Crippen molar-refractivity contribution < 1.29 is 41.9 Å². The van der Waals surface area contributed by atoms with Gasteiger partial charge in [0.1, 0.15) is 23.7 Å². The molecule has 5 aliphatic rings. The van der Waals surface area contributed by atoms with E-state index in [9.17, 15) is 32.4 Å². The van der Waals surface area contributed by atoms with Crippen LogP contribution in [0.2, 0.25) is 0 Å². The number of amides is 5. The van der Waals surface area contributed by atoms with Gasteiger partial charge in [-0.25, -0.2) is 18.0 Å². The summed E-state index contributed by atoms with van der Waals surface area (Å²) in [6.07, 6.45) is 7.03. The monoisotopic (exact) mass is 711 g/mol. The molecule has 5 amide bonds. The van der Waals surface area contributed by atoms with E-state index >= 15 is 0 Å². The van der Waals surface area contributed by atoms with Crippen LogP contribution >= 0.6 is 0 Å². The fourth-order valence-corrected chi connectivity index (χ4v) is 8.33. The first-order valence-electron chi connectivity index (χ1n) is 17.4. The summed E-state index contributed by atoms with van der Waals surface area (Å²) in [5, 5.41) is 4.76. The fourth-order valence-electron chi connectivity index (χ4n) is 6.97. The van der Waals surface area contributed by atoms with E-state index in [2.05, 4.69) is 21.9 Å². The van der Waals surface area contributed by atoms with Gasteiger partial charge in [-0.3, -0.25) is 24.0 Å². The summed E-state index contributed by atoms with van der Waals surface area (Å²) in [5.41, 5.74) is 1.41. The molecule has 0 unspecified atom stereocenters. The lowest BCUT2D eigenvalue weighted by atomic mass is 10.0. The van der Waals surface area contributed by atoms with Gasteiger partial charge in [-0.1, -0.05) is 56.2 Å². The van der Waals surface area contributed by atoms with Crippen LogP contribution in [0.1, 0.15) is 81.4 Å². The maximum absolute atomic E-state index is 14.2. The maximum atomic E-state index is 14.2. The van der Waals surface area contributed by atoms with Crippen molar-refractivity contribution >= 4 is 46.0 Å². The van der Waals surface area contributed by atoms with E-state index in [4.69, 9.17) is 9.47 Å². The molecule has 2 aliphatic carbocycles. The number of alkyl carbamates (subject to hydrolysis) is 1. The Labute approximate surface area is 292 Å². The normalized spacial score (nSPS) is 29.0. The van der Waals surface area contributed by atoms with Gasteiger partial charge < -0.3 is 25.0 Å². The predicted molar refractivity (Wildman–Crippen MR) is 181 cm³/mol. The van der Waals surface area contributed by atoms with Gasteiger partial charge in [0.05, 0.1) is 24.9 Å². The van der Waals surface area contributed by atoms with Crippen molar-refractivity contribution in [3.05, 3.63) is 53.6 Å². The molecule has 2 saturated carbocycles. The zero-order valence-electron chi connectivity index (χ0n) is 28.2. The molecule has 3 heterocycles. The summed E-state index contributed by atoms with van der Waals surface area (Å²) >= 11 is 0. The van der Waals surface area contributed by atoms with E-state index in [0.717, 1.165) is 23.1 Å². The van der Waals surface area contributed by atoms with E-state index in [1.807, 2.05) is 37.3 Å². The van der Waals surface area contributed by atoms with E-state index in [-0.39, 0.29) is 32.4 Å². The van der Waals surface area contributed by atoms with Crippen LogP contribution in [-0.4, -0.2) is 90.3 Å². The summed E-state index contributed by atoms with van der Waals surface area (Å²) < 4.78 is 38.7. The highest BCUT2D eigenvalue weighted by Gasteiger charge is 2.62. The molecule has 1 saturated heterocycles. The number of rotatable bonds is 9. The van der Waals surface area contributed by atoms with Crippen molar-refractivity contribution in [3.63, 3.8) is 0 Å². The molecule has 3 fully saturated rings. The second kappa shape index (κ2) is 14.4. The van der Waals surface area contributed by atoms with E-state index in [0.29, 0.717) is 45.2 Å². The van der Waals surface area contributed by atoms with Crippen molar-refractivity contribution in [1.29, 1.82) is 0 Å². The number of hydrogen-bond acceptors (Lipinski definition) is 9. The van der Waals surface area contributed by atoms with Crippen LogP contribution in [0.5, 0.6) is 0 Å². The number of nitrogens with one attached hydrogen (secondary N) is 3. The molecule has 15 heteroatoms. The smallest absolute Gasteiger partial charge is 0.410 e. The minimum Gasteiger partial charge on any atom is -0.450 e. The third-order valence-electron chi connectivity index (χ3n) is 10.1. The average molecular weight is 712 g/mol. The van der Waals surface area contributed by atoms with Crippen LogP contribution in [0.15, 0.2) is 36.9 Å². The van der Waals surface area contributed by atoms with Gasteiger partial charge in [0.2, 0.25) is 21.8 Å². The van der Waals surface area contributed by atoms with Crippen LogP contribution in [0.25, 0.3) is 6.08 Å². The molecular weight excluding hydrogens is 666 g/mol. The summed E-state index contributed by atoms with van der Waals surface area (Å²) in [5.74, 6) is -2.65. The number of benzene rings is 1. The molecule has 50 heavy (non-hydrogen) atoms. The number of carbonyl (C=O) groups is 5. The molecule has 6 rings (SSSR count). The number of carbonyl (C=O) groups excluding carboxylic acids is 5. The van der Waals surface area contributed by atoms with Crippen molar-refractivity contribution in [3.8, 4) is 0 Å². The highest BCUT2D eigenvalue weighted by atomic mass is 32.2. The molecule has 0 aromatic heterocycles. The van der Waals surface area contributed by atoms with Gasteiger partial charge in [0.15, 0.2) is 0 Å². The third kappa shape index (κ3) is 7.52. The van der Waals surface area contributed by atoms with Gasteiger partial charge in [-0.05, 0) is 55.2 Å². The van der Waals surface area contributed by atoms with Crippen molar-refractivity contribution in [2.45, 2.75) is 107 Å². The van der Waals surface area contributed by atoms with E-state index < -0.39 is 74.8 Å². The summed E-state index contributed by atoms with van der Waals surface area (Å²) in [7, 11) is -3.90. The molecule has 270 valence electrons. The molecule has 0 spiro atoms. The number of fused-ring (bicyclic) bond motifs is 3. The largest absolute Gasteiger partial charge is 0.450 e. The highest BCUT2D eigenvalue weighted by Crippen LogP contribution is 2.45. The quantitative estimate of drug-likeness (QED) is 0.325. The van der Waals surface area contributed by atoms with Crippen molar-refractivity contribution in [2.75, 3.05) is 13.2 Å². The number of unbranched alkanes of at least 4 members (excludes halogenated alkanes) is 1. The molecule has 3 N–H and O–H groups in total. The van der Waals surface area contributed by atoms with Crippen LogP contribution < -0.4 is 15.4 Å². The first kappa shape index (κ1) is 35.4. The fraction of sp³-hybridized carbons (Fsp3) is 0.571. The lowest BCUT2D eigenvalue weighted by Gasteiger charge is -2.29. The Hall–Kier alpha value is -4.40. The lowest BCUT2D eigenvalue weighted by molar-refractivity contribution is -0.141. The number of allylic oxidation sites excluding steroid dienone is 1. The first-order chi connectivity index (χ1) is 24.0. The Bertz CT molecular complexity index is 1690.